The molecule has 1 aliphatic rings. The van der Waals surface area contributed by atoms with Crippen molar-refractivity contribution >= 4 is 35.7 Å². The first kappa shape index (κ1) is 15.2. The van der Waals surface area contributed by atoms with Crippen LogP contribution in [-0.4, -0.2) is 35.3 Å². The van der Waals surface area contributed by atoms with E-state index >= 15 is 0 Å². The standard InChI is InChI=1S/C12H16N4O2.ClH/c1-16-5-4-8(6-11(16)17)12(18)15-9-2-3-10(13)14-7-9;/h2-3,7-8H,4-6H2,1H3,(H2,13,14)(H,15,18);1H. The quantitative estimate of drug-likeness (QED) is 0.844. The maximum atomic E-state index is 12.0. The Hall–Kier alpha value is -1.82. The van der Waals surface area contributed by atoms with Crippen LogP contribution in [0.3, 0.4) is 0 Å². The summed E-state index contributed by atoms with van der Waals surface area (Å²) in [7, 11) is 1.75. The van der Waals surface area contributed by atoms with Crippen LogP contribution >= 0.6 is 12.4 Å². The van der Waals surface area contributed by atoms with Gasteiger partial charge in [-0.2, -0.15) is 0 Å². The smallest absolute Gasteiger partial charge is 0.228 e. The molecular weight excluding hydrogens is 268 g/mol. The second-order valence-electron chi connectivity index (χ2n) is 4.47. The van der Waals surface area contributed by atoms with Gasteiger partial charge in [-0.15, -0.1) is 12.4 Å². The molecule has 6 nitrogen and oxygen atoms in total. The van der Waals surface area contributed by atoms with E-state index in [9.17, 15) is 9.59 Å². The Balaban J connectivity index is 0.00000180. The zero-order valence-electron chi connectivity index (χ0n) is 10.6. The molecule has 1 aromatic rings. The first-order valence-electron chi connectivity index (χ1n) is 5.82. The van der Waals surface area contributed by atoms with Gasteiger partial charge in [0.2, 0.25) is 11.8 Å². The van der Waals surface area contributed by atoms with Crippen molar-refractivity contribution in [1.82, 2.24) is 9.88 Å². The zero-order valence-corrected chi connectivity index (χ0v) is 11.4. The van der Waals surface area contributed by atoms with E-state index < -0.39 is 0 Å². The number of piperidine rings is 1. The summed E-state index contributed by atoms with van der Waals surface area (Å²) in [4.78, 5) is 29.0. The Morgan fingerprint density at radius 3 is 2.84 bits per heavy atom. The minimum absolute atomic E-state index is 0. The topological polar surface area (TPSA) is 88.3 Å². The minimum Gasteiger partial charge on any atom is -0.384 e. The molecule has 0 spiro atoms. The van der Waals surface area contributed by atoms with Crippen LogP contribution in [0.25, 0.3) is 0 Å². The summed E-state index contributed by atoms with van der Waals surface area (Å²) in [5.74, 6) is 0.0218. The lowest BCUT2D eigenvalue weighted by Crippen LogP contribution is -2.39. The van der Waals surface area contributed by atoms with E-state index in [-0.39, 0.29) is 36.6 Å². The predicted molar refractivity (Wildman–Crippen MR) is 74.9 cm³/mol. The number of amides is 2. The molecule has 2 heterocycles. The first-order valence-corrected chi connectivity index (χ1v) is 5.82. The molecule has 3 N–H and O–H groups in total. The highest BCUT2D eigenvalue weighted by Crippen LogP contribution is 2.19. The molecule has 2 rings (SSSR count). The molecule has 0 aliphatic carbocycles. The number of nitrogens with zero attached hydrogens (tertiary/aromatic N) is 2. The summed E-state index contributed by atoms with van der Waals surface area (Å²) in [5, 5.41) is 2.75. The molecule has 1 fully saturated rings. The molecule has 2 amide bonds. The van der Waals surface area contributed by atoms with Gasteiger partial charge in [0, 0.05) is 25.9 Å². The number of likely N-dealkylation sites (tertiary alicyclic amines) is 1. The second-order valence-corrected chi connectivity index (χ2v) is 4.47. The van der Waals surface area contributed by atoms with Gasteiger partial charge in [0.05, 0.1) is 11.9 Å². The Kier molecular flexibility index (Phi) is 5.11. The maximum Gasteiger partial charge on any atom is 0.228 e. The molecule has 1 saturated heterocycles. The fourth-order valence-corrected chi connectivity index (χ4v) is 1.89. The van der Waals surface area contributed by atoms with Gasteiger partial charge in [-0.3, -0.25) is 9.59 Å². The van der Waals surface area contributed by atoms with E-state index in [2.05, 4.69) is 10.3 Å². The molecule has 1 aliphatic heterocycles. The number of halogens is 1. The summed E-state index contributed by atoms with van der Waals surface area (Å²) in [5.41, 5.74) is 6.06. The maximum absolute atomic E-state index is 12.0. The van der Waals surface area contributed by atoms with E-state index in [1.807, 2.05) is 0 Å². The first-order chi connectivity index (χ1) is 8.56. The monoisotopic (exact) mass is 284 g/mol. The van der Waals surface area contributed by atoms with E-state index in [1.165, 1.54) is 6.20 Å². The van der Waals surface area contributed by atoms with Gasteiger partial charge in [0.1, 0.15) is 5.82 Å². The van der Waals surface area contributed by atoms with Gasteiger partial charge in [-0.1, -0.05) is 0 Å². The molecule has 0 aromatic carbocycles. The highest BCUT2D eigenvalue weighted by atomic mass is 35.5. The fourth-order valence-electron chi connectivity index (χ4n) is 1.89. The lowest BCUT2D eigenvalue weighted by Gasteiger charge is -2.27. The van der Waals surface area contributed by atoms with Crippen LogP contribution in [0.5, 0.6) is 0 Å². The Labute approximate surface area is 117 Å². The Morgan fingerprint density at radius 1 is 1.53 bits per heavy atom. The van der Waals surface area contributed by atoms with Gasteiger partial charge in [-0.25, -0.2) is 4.98 Å². The van der Waals surface area contributed by atoms with Crippen LogP contribution < -0.4 is 11.1 Å². The number of aromatic nitrogens is 1. The average molecular weight is 285 g/mol. The van der Waals surface area contributed by atoms with Crippen molar-refractivity contribution in [2.24, 2.45) is 5.92 Å². The van der Waals surface area contributed by atoms with Crippen molar-refractivity contribution in [2.45, 2.75) is 12.8 Å². The van der Waals surface area contributed by atoms with Crippen LogP contribution in [0.2, 0.25) is 0 Å². The number of rotatable bonds is 2. The summed E-state index contributed by atoms with van der Waals surface area (Å²) in [6.45, 7) is 0.622. The van der Waals surface area contributed by atoms with Crippen LogP contribution in [0.1, 0.15) is 12.8 Å². The number of carbonyl (C=O) groups excluding carboxylic acids is 2. The lowest BCUT2D eigenvalue weighted by atomic mass is 9.95. The van der Waals surface area contributed by atoms with Gasteiger partial charge in [-0.05, 0) is 18.6 Å². The van der Waals surface area contributed by atoms with Crippen LogP contribution in [0.4, 0.5) is 11.5 Å². The number of hydrogen-bond acceptors (Lipinski definition) is 4. The molecule has 0 radical (unpaired) electrons. The molecule has 104 valence electrons. The van der Waals surface area contributed by atoms with Crippen molar-refractivity contribution in [2.75, 3.05) is 24.6 Å². The van der Waals surface area contributed by atoms with E-state index in [0.717, 1.165) is 0 Å². The largest absolute Gasteiger partial charge is 0.384 e. The van der Waals surface area contributed by atoms with Gasteiger partial charge < -0.3 is 16.0 Å². The average Bonchev–Trinajstić information content (AvgIpc) is 2.35. The number of anilines is 2. The van der Waals surface area contributed by atoms with Crippen LogP contribution in [0.15, 0.2) is 18.3 Å². The fraction of sp³-hybridized carbons (Fsp3) is 0.417. The third-order valence-corrected chi connectivity index (χ3v) is 3.08. The van der Waals surface area contributed by atoms with E-state index in [0.29, 0.717) is 24.5 Å². The van der Waals surface area contributed by atoms with Crippen molar-refractivity contribution in [3.63, 3.8) is 0 Å². The molecule has 1 atom stereocenters. The molecule has 7 heteroatoms. The van der Waals surface area contributed by atoms with Crippen molar-refractivity contribution in [3.8, 4) is 0 Å². The SMILES string of the molecule is CN1CCC(C(=O)Nc2ccc(N)nc2)CC1=O.Cl. The van der Waals surface area contributed by atoms with Crippen LogP contribution in [0, 0.1) is 5.92 Å². The number of nitrogens with one attached hydrogen (secondary N) is 1. The third kappa shape index (κ3) is 3.82. The van der Waals surface area contributed by atoms with Gasteiger partial charge in [0.25, 0.3) is 0 Å². The predicted octanol–water partition coefficient (Wildman–Crippen LogP) is 0.893. The number of carbonyl (C=O) groups is 2. The number of pyridine rings is 1. The minimum atomic E-state index is -0.258. The Bertz CT molecular complexity index is 463. The number of nitrogens with two attached hydrogens (primary N) is 1. The normalized spacial score (nSPS) is 18.7. The van der Waals surface area contributed by atoms with Crippen LogP contribution in [-0.2, 0) is 9.59 Å². The van der Waals surface area contributed by atoms with Crippen molar-refractivity contribution in [1.29, 1.82) is 0 Å². The number of nitrogen functional groups attached to an aromatic ring is 1. The van der Waals surface area contributed by atoms with E-state index in [4.69, 9.17) is 5.73 Å². The summed E-state index contributed by atoms with van der Waals surface area (Å²) in [6, 6.07) is 3.31. The highest BCUT2D eigenvalue weighted by molar-refractivity contribution is 5.95. The Morgan fingerprint density at radius 2 is 2.26 bits per heavy atom. The summed E-state index contributed by atoms with van der Waals surface area (Å²) >= 11 is 0. The summed E-state index contributed by atoms with van der Waals surface area (Å²) < 4.78 is 0. The second kappa shape index (κ2) is 6.38. The van der Waals surface area contributed by atoms with Crippen molar-refractivity contribution in [3.05, 3.63) is 18.3 Å². The zero-order chi connectivity index (χ0) is 13.1. The molecule has 0 saturated carbocycles. The van der Waals surface area contributed by atoms with E-state index in [1.54, 1.807) is 24.1 Å². The molecule has 0 bridgehead atoms. The van der Waals surface area contributed by atoms with Gasteiger partial charge in [0.15, 0.2) is 0 Å². The lowest BCUT2D eigenvalue weighted by molar-refractivity contribution is -0.137. The highest BCUT2D eigenvalue weighted by Gasteiger charge is 2.28. The van der Waals surface area contributed by atoms with Crippen molar-refractivity contribution < 1.29 is 9.59 Å². The van der Waals surface area contributed by atoms with Gasteiger partial charge >= 0.3 is 0 Å². The summed E-state index contributed by atoms with van der Waals surface area (Å²) in [6.07, 6.45) is 2.46. The molecule has 19 heavy (non-hydrogen) atoms. The molecule has 1 aromatic heterocycles. The third-order valence-electron chi connectivity index (χ3n) is 3.08. The molecule has 1 unspecified atom stereocenters. The molecular formula is C12H17ClN4O2. The number of hydrogen-bond donors (Lipinski definition) is 2.